The van der Waals surface area contributed by atoms with Crippen LogP contribution < -0.4 is 4.72 Å². The van der Waals surface area contributed by atoms with Gasteiger partial charge in [-0.3, -0.25) is 0 Å². The summed E-state index contributed by atoms with van der Waals surface area (Å²) in [5.74, 6) is -1.23. The van der Waals surface area contributed by atoms with Crippen molar-refractivity contribution in [2.75, 3.05) is 0 Å². The number of sulfonamides is 1. The minimum atomic E-state index is -3.77. The molecule has 0 amide bonds. The van der Waals surface area contributed by atoms with Gasteiger partial charge in [-0.05, 0) is 32.2 Å². The molecule has 0 aliphatic heterocycles. The molecule has 0 atom stereocenters. The Kier molecular flexibility index (Phi) is 3.41. The van der Waals surface area contributed by atoms with Gasteiger partial charge in [-0.2, -0.15) is 0 Å². The number of aromatic carboxylic acids is 1. The van der Waals surface area contributed by atoms with Gasteiger partial charge in [0.1, 0.15) is 9.77 Å². The third-order valence-electron chi connectivity index (χ3n) is 1.55. The minimum Gasteiger partial charge on any atom is -0.477 e. The van der Waals surface area contributed by atoms with E-state index >= 15 is 0 Å². The van der Waals surface area contributed by atoms with Crippen LogP contribution in [0.15, 0.2) is 16.3 Å². The second-order valence-corrected chi connectivity index (χ2v) is 6.84. The smallest absolute Gasteiger partial charge is 0.347 e. The summed E-state index contributed by atoms with van der Waals surface area (Å²) in [5.41, 5.74) is -0.642. The van der Waals surface area contributed by atoms with Crippen molar-refractivity contribution in [3.63, 3.8) is 0 Å². The van der Waals surface area contributed by atoms with Gasteiger partial charge in [-0.1, -0.05) is 0 Å². The molecule has 0 bridgehead atoms. The first-order chi connectivity index (χ1) is 7.13. The molecule has 16 heavy (non-hydrogen) atoms. The summed E-state index contributed by atoms with van der Waals surface area (Å²) in [4.78, 5) is 10.5. The van der Waals surface area contributed by atoms with Crippen LogP contribution in [0.1, 0.15) is 30.4 Å². The zero-order valence-electron chi connectivity index (χ0n) is 9.14. The van der Waals surface area contributed by atoms with Crippen LogP contribution in [-0.4, -0.2) is 25.0 Å². The molecule has 90 valence electrons. The van der Waals surface area contributed by atoms with Crippen molar-refractivity contribution in [3.8, 4) is 0 Å². The lowest BCUT2D eigenvalue weighted by molar-refractivity contribution is 0.0698. The van der Waals surface area contributed by atoms with E-state index in [0.29, 0.717) is 0 Å². The van der Waals surface area contributed by atoms with E-state index < -0.39 is 21.5 Å². The molecule has 0 aromatic carbocycles. The van der Waals surface area contributed by atoms with Gasteiger partial charge < -0.3 is 5.11 Å². The van der Waals surface area contributed by atoms with Crippen LogP contribution in [0.25, 0.3) is 0 Å². The maximum Gasteiger partial charge on any atom is 0.347 e. The molecule has 1 aromatic rings. The minimum absolute atomic E-state index is 0.170. The van der Waals surface area contributed by atoms with Crippen LogP contribution >= 0.6 is 11.3 Å². The summed E-state index contributed by atoms with van der Waals surface area (Å²) >= 11 is 0.892. The van der Waals surface area contributed by atoms with Gasteiger partial charge in [0.25, 0.3) is 0 Å². The Morgan fingerprint density at radius 1 is 1.44 bits per heavy atom. The molecule has 2 N–H and O–H groups in total. The fourth-order valence-electron chi connectivity index (χ4n) is 1.12. The van der Waals surface area contributed by atoms with Crippen molar-refractivity contribution >= 4 is 27.3 Å². The lowest BCUT2D eigenvalue weighted by Gasteiger charge is -2.20. The van der Waals surface area contributed by atoms with E-state index in [-0.39, 0.29) is 9.77 Å². The molecule has 0 fully saturated rings. The highest BCUT2D eigenvalue weighted by molar-refractivity contribution is 7.89. The summed E-state index contributed by atoms with van der Waals surface area (Å²) in [6, 6.07) is 1.29. The predicted molar refractivity (Wildman–Crippen MR) is 61.4 cm³/mol. The molecular formula is C9H13NO4S2. The first kappa shape index (κ1) is 13.1. The van der Waals surface area contributed by atoms with Crippen molar-refractivity contribution in [2.45, 2.75) is 31.2 Å². The van der Waals surface area contributed by atoms with Crippen LogP contribution in [0.3, 0.4) is 0 Å². The number of carboxylic acids is 1. The Bertz CT molecular complexity index is 496. The molecule has 5 nitrogen and oxygen atoms in total. The summed E-state index contributed by atoms with van der Waals surface area (Å²) in [6.45, 7) is 5.08. The fourth-order valence-corrected chi connectivity index (χ4v) is 3.80. The van der Waals surface area contributed by atoms with E-state index in [1.54, 1.807) is 20.8 Å². The van der Waals surface area contributed by atoms with Gasteiger partial charge in [-0.25, -0.2) is 17.9 Å². The predicted octanol–water partition coefficient (Wildman–Crippen LogP) is 1.52. The molecule has 0 unspecified atom stereocenters. The van der Waals surface area contributed by atoms with Gasteiger partial charge >= 0.3 is 5.97 Å². The second kappa shape index (κ2) is 4.15. The number of hydrogen-bond donors (Lipinski definition) is 2. The Labute approximate surface area is 98.2 Å². The molecule has 0 saturated carbocycles. The highest BCUT2D eigenvalue weighted by Gasteiger charge is 2.27. The van der Waals surface area contributed by atoms with Crippen LogP contribution in [0, 0.1) is 0 Å². The maximum absolute atomic E-state index is 11.9. The zero-order valence-corrected chi connectivity index (χ0v) is 10.8. The molecule has 0 saturated heterocycles. The van der Waals surface area contributed by atoms with Gasteiger partial charge in [0.2, 0.25) is 10.0 Å². The summed E-state index contributed by atoms with van der Waals surface area (Å²) in [7, 11) is -3.77. The summed E-state index contributed by atoms with van der Waals surface area (Å²) in [6.07, 6.45) is 0. The molecular weight excluding hydrogens is 250 g/mol. The Hall–Kier alpha value is -0.920. The summed E-state index contributed by atoms with van der Waals surface area (Å²) < 4.78 is 26.1. The Morgan fingerprint density at radius 3 is 2.44 bits per heavy atom. The lowest BCUT2D eigenvalue weighted by atomic mass is 10.1. The number of carbonyl (C=O) groups is 1. The third kappa shape index (κ3) is 3.03. The van der Waals surface area contributed by atoms with Crippen molar-refractivity contribution in [1.82, 2.24) is 4.72 Å². The van der Waals surface area contributed by atoms with Crippen molar-refractivity contribution in [1.29, 1.82) is 0 Å². The van der Waals surface area contributed by atoms with Crippen LogP contribution in [0.5, 0.6) is 0 Å². The van der Waals surface area contributed by atoms with Crippen molar-refractivity contribution in [3.05, 3.63) is 16.3 Å². The van der Waals surface area contributed by atoms with E-state index in [4.69, 9.17) is 5.11 Å². The van der Waals surface area contributed by atoms with Gasteiger partial charge in [-0.15, -0.1) is 11.3 Å². The van der Waals surface area contributed by atoms with E-state index in [1.165, 1.54) is 11.4 Å². The van der Waals surface area contributed by atoms with Gasteiger partial charge in [0.15, 0.2) is 0 Å². The average molecular weight is 263 g/mol. The monoisotopic (exact) mass is 263 g/mol. The number of carboxylic acid groups (broad SMARTS) is 1. The highest BCUT2D eigenvalue weighted by Crippen LogP contribution is 2.22. The zero-order chi connectivity index (χ0) is 12.6. The first-order valence-corrected chi connectivity index (χ1v) is 6.84. The van der Waals surface area contributed by atoms with E-state index in [2.05, 4.69) is 4.72 Å². The normalized spacial score (nSPS) is 12.7. The number of rotatable bonds is 3. The molecule has 1 aromatic heterocycles. The van der Waals surface area contributed by atoms with E-state index in [0.717, 1.165) is 11.3 Å². The van der Waals surface area contributed by atoms with Crippen LogP contribution in [0.4, 0.5) is 0 Å². The standard InChI is InChI=1S/C9H13NO4S2/c1-9(2,3)10-16(13,14)6-4-5-15-7(6)8(11)12/h4-5,10H,1-3H3,(H,11,12). The molecule has 0 radical (unpaired) electrons. The van der Waals surface area contributed by atoms with E-state index in [9.17, 15) is 13.2 Å². The molecule has 0 aliphatic rings. The Balaban J connectivity index is 3.18. The van der Waals surface area contributed by atoms with E-state index in [1.807, 2.05) is 0 Å². The maximum atomic E-state index is 11.9. The third-order valence-corrected chi connectivity index (χ3v) is 4.39. The molecule has 0 aliphatic carbocycles. The quantitative estimate of drug-likeness (QED) is 0.866. The molecule has 1 heterocycles. The fraction of sp³-hybridized carbons (Fsp3) is 0.444. The SMILES string of the molecule is CC(C)(C)NS(=O)(=O)c1ccsc1C(=O)O. The average Bonchev–Trinajstić information content (AvgIpc) is 2.45. The topological polar surface area (TPSA) is 83.5 Å². The van der Waals surface area contributed by atoms with Crippen molar-refractivity contribution in [2.24, 2.45) is 0 Å². The number of thiophene rings is 1. The Morgan fingerprint density at radius 2 is 2.00 bits per heavy atom. The summed E-state index contributed by atoms with van der Waals surface area (Å²) in [5, 5.41) is 10.3. The largest absolute Gasteiger partial charge is 0.477 e. The first-order valence-electron chi connectivity index (χ1n) is 4.48. The number of nitrogens with one attached hydrogen (secondary N) is 1. The number of hydrogen-bond acceptors (Lipinski definition) is 4. The molecule has 7 heteroatoms. The van der Waals surface area contributed by atoms with Gasteiger partial charge in [0, 0.05) is 5.54 Å². The van der Waals surface area contributed by atoms with Crippen LogP contribution in [-0.2, 0) is 10.0 Å². The van der Waals surface area contributed by atoms with Crippen LogP contribution in [0.2, 0.25) is 0 Å². The molecule has 0 spiro atoms. The molecule has 1 rings (SSSR count). The highest BCUT2D eigenvalue weighted by atomic mass is 32.2. The lowest BCUT2D eigenvalue weighted by Crippen LogP contribution is -2.40. The van der Waals surface area contributed by atoms with Gasteiger partial charge in [0.05, 0.1) is 0 Å². The van der Waals surface area contributed by atoms with Crippen molar-refractivity contribution < 1.29 is 18.3 Å². The second-order valence-electron chi connectivity index (χ2n) is 4.27.